The number of nitrogens with zero attached hydrogens (tertiary/aromatic N) is 4. The SMILES string of the molecule is C=C(c1nccs1)N1CCN(C2CN(C(=O)c3ccc4c(Br)cccc4c3)C2)CC1. The number of thiazole rings is 1. The summed E-state index contributed by atoms with van der Waals surface area (Å²) in [6, 6.07) is 12.5. The van der Waals surface area contributed by atoms with Crippen molar-refractivity contribution in [1.82, 2.24) is 19.7 Å². The van der Waals surface area contributed by atoms with E-state index in [-0.39, 0.29) is 5.91 Å². The molecule has 0 bridgehead atoms. The van der Waals surface area contributed by atoms with Gasteiger partial charge in [0.25, 0.3) is 5.91 Å². The zero-order valence-electron chi connectivity index (χ0n) is 16.6. The maximum Gasteiger partial charge on any atom is 0.253 e. The second-order valence-corrected chi connectivity index (χ2v) is 9.60. The van der Waals surface area contributed by atoms with Gasteiger partial charge in [0.05, 0.1) is 5.70 Å². The van der Waals surface area contributed by atoms with Gasteiger partial charge in [-0.25, -0.2) is 4.98 Å². The van der Waals surface area contributed by atoms with Gasteiger partial charge in [0.1, 0.15) is 5.01 Å². The molecule has 2 aliphatic heterocycles. The van der Waals surface area contributed by atoms with Crippen molar-refractivity contribution < 1.29 is 4.79 Å². The van der Waals surface area contributed by atoms with E-state index >= 15 is 0 Å². The summed E-state index contributed by atoms with van der Waals surface area (Å²) in [7, 11) is 0. The number of hydrogen-bond acceptors (Lipinski definition) is 5. The van der Waals surface area contributed by atoms with Crippen LogP contribution in [0.15, 0.2) is 59.0 Å². The molecule has 2 saturated heterocycles. The van der Waals surface area contributed by atoms with E-state index in [2.05, 4.69) is 43.4 Å². The molecule has 0 spiro atoms. The Labute approximate surface area is 188 Å². The molecule has 30 heavy (non-hydrogen) atoms. The van der Waals surface area contributed by atoms with Crippen LogP contribution in [0.4, 0.5) is 0 Å². The van der Waals surface area contributed by atoms with Gasteiger partial charge in [0.15, 0.2) is 0 Å². The third-order valence-corrected chi connectivity index (χ3v) is 7.63. The number of carbonyl (C=O) groups excluding carboxylic acids is 1. The van der Waals surface area contributed by atoms with Crippen molar-refractivity contribution in [2.24, 2.45) is 0 Å². The first-order valence-electron chi connectivity index (χ1n) is 10.2. The van der Waals surface area contributed by atoms with Crippen molar-refractivity contribution in [3.63, 3.8) is 0 Å². The van der Waals surface area contributed by atoms with Gasteiger partial charge in [-0.1, -0.05) is 40.7 Å². The van der Waals surface area contributed by atoms with E-state index in [1.54, 1.807) is 11.3 Å². The molecule has 2 fully saturated rings. The van der Waals surface area contributed by atoms with E-state index in [1.807, 2.05) is 46.8 Å². The van der Waals surface area contributed by atoms with Crippen LogP contribution in [0.5, 0.6) is 0 Å². The van der Waals surface area contributed by atoms with Gasteiger partial charge in [0.2, 0.25) is 0 Å². The van der Waals surface area contributed by atoms with Crippen LogP contribution >= 0.6 is 27.3 Å². The van der Waals surface area contributed by atoms with Gasteiger partial charge >= 0.3 is 0 Å². The zero-order chi connectivity index (χ0) is 20.7. The molecule has 5 nitrogen and oxygen atoms in total. The third-order valence-electron chi connectivity index (χ3n) is 6.12. The van der Waals surface area contributed by atoms with Crippen molar-refractivity contribution in [3.8, 4) is 0 Å². The second-order valence-electron chi connectivity index (χ2n) is 7.85. The van der Waals surface area contributed by atoms with E-state index in [0.717, 1.165) is 70.8 Å². The molecule has 154 valence electrons. The molecule has 0 radical (unpaired) electrons. The lowest BCUT2D eigenvalue weighted by Gasteiger charge is -2.48. The summed E-state index contributed by atoms with van der Waals surface area (Å²) >= 11 is 5.21. The maximum atomic E-state index is 12.9. The molecular formula is C23H23BrN4OS. The topological polar surface area (TPSA) is 39.7 Å². The van der Waals surface area contributed by atoms with E-state index in [0.29, 0.717) is 6.04 Å². The fraction of sp³-hybridized carbons (Fsp3) is 0.304. The average Bonchev–Trinajstić information content (AvgIpc) is 3.27. The fourth-order valence-corrected chi connectivity index (χ4v) is 5.42. The smallest absolute Gasteiger partial charge is 0.253 e. The van der Waals surface area contributed by atoms with Gasteiger partial charge in [-0.15, -0.1) is 11.3 Å². The highest BCUT2D eigenvalue weighted by atomic mass is 79.9. The number of amides is 1. The van der Waals surface area contributed by atoms with Crippen LogP contribution in [-0.2, 0) is 0 Å². The first kappa shape index (κ1) is 19.7. The summed E-state index contributed by atoms with van der Waals surface area (Å²) in [5.74, 6) is 0.129. The van der Waals surface area contributed by atoms with Gasteiger partial charge in [0, 0.05) is 66.9 Å². The Hall–Kier alpha value is -2.22. The molecule has 5 rings (SSSR count). The lowest BCUT2D eigenvalue weighted by atomic mass is 10.0. The number of halogens is 1. The molecule has 1 aromatic heterocycles. The van der Waals surface area contributed by atoms with Crippen molar-refractivity contribution in [2.75, 3.05) is 39.3 Å². The summed E-state index contributed by atoms with van der Waals surface area (Å²) < 4.78 is 1.06. The molecule has 0 saturated carbocycles. The lowest BCUT2D eigenvalue weighted by Crippen LogP contribution is -2.64. The van der Waals surface area contributed by atoms with Crippen molar-refractivity contribution >= 4 is 49.6 Å². The minimum atomic E-state index is 0.129. The van der Waals surface area contributed by atoms with E-state index < -0.39 is 0 Å². The van der Waals surface area contributed by atoms with Gasteiger partial charge in [-0.3, -0.25) is 9.69 Å². The molecule has 0 N–H and O–H groups in total. The summed E-state index contributed by atoms with van der Waals surface area (Å²) in [4.78, 5) is 24.1. The van der Waals surface area contributed by atoms with Gasteiger partial charge in [-0.05, 0) is 29.0 Å². The largest absolute Gasteiger partial charge is 0.367 e. The van der Waals surface area contributed by atoms with Crippen molar-refractivity contribution in [1.29, 1.82) is 0 Å². The third kappa shape index (κ3) is 3.66. The first-order valence-corrected chi connectivity index (χ1v) is 11.8. The minimum Gasteiger partial charge on any atom is -0.367 e. The van der Waals surface area contributed by atoms with Crippen LogP contribution in [0, 0.1) is 0 Å². The van der Waals surface area contributed by atoms with Crippen LogP contribution in [0.3, 0.4) is 0 Å². The Balaban J connectivity index is 1.16. The molecular weight excluding hydrogens is 460 g/mol. The maximum absolute atomic E-state index is 12.9. The highest BCUT2D eigenvalue weighted by Gasteiger charge is 2.36. The summed E-state index contributed by atoms with van der Waals surface area (Å²) in [5.41, 5.74) is 1.79. The number of fused-ring (bicyclic) bond motifs is 1. The van der Waals surface area contributed by atoms with Crippen LogP contribution in [0.2, 0.25) is 0 Å². The molecule has 7 heteroatoms. The quantitative estimate of drug-likeness (QED) is 0.559. The minimum absolute atomic E-state index is 0.129. The highest BCUT2D eigenvalue weighted by molar-refractivity contribution is 9.10. The monoisotopic (exact) mass is 482 g/mol. The van der Waals surface area contributed by atoms with Crippen LogP contribution in [0.1, 0.15) is 15.4 Å². The van der Waals surface area contributed by atoms with Crippen molar-refractivity contribution in [2.45, 2.75) is 6.04 Å². The summed E-state index contributed by atoms with van der Waals surface area (Å²) in [6.45, 7) is 9.76. The molecule has 0 atom stereocenters. The Kier molecular flexibility index (Phi) is 5.35. The van der Waals surface area contributed by atoms with Crippen molar-refractivity contribution in [3.05, 3.63) is 69.6 Å². The standard InChI is InChI=1S/C23H23BrN4OS/c1-16(22-25-7-12-30-22)26-8-10-27(11-9-26)19-14-28(15-19)23(29)18-5-6-20-17(13-18)3-2-4-21(20)24/h2-7,12-13,19H,1,8-11,14-15H2. The lowest BCUT2D eigenvalue weighted by molar-refractivity contribution is 0.0144. The molecule has 1 amide bonds. The Morgan fingerprint density at radius 1 is 1.10 bits per heavy atom. The average molecular weight is 483 g/mol. The molecule has 2 aromatic carbocycles. The van der Waals surface area contributed by atoms with E-state index in [1.165, 1.54) is 0 Å². The highest BCUT2D eigenvalue weighted by Crippen LogP contribution is 2.27. The second kappa shape index (κ2) is 8.13. The summed E-state index contributed by atoms with van der Waals surface area (Å²) in [6.07, 6.45) is 1.83. The number of hydrogen-bond donors (Lipinski definition) is 0. The number of benzene rings is 2. The number of piperazine rings is 1. The first-order chi connectivity index (χ1) is 14.6. The molecule has 3 aromatic rings. The molecule has 2 aliphatic rings. The van der Waals surface area contributed by atoms with Crippen LogP contribution in [0.25, 0.3) is 16.5 Å². The Bertz CT molecular complexity index is 1090. The number of carbonyl (C=O) groups is 1. The number of likely N-dealkylation sites (tertiary alicyclic amines) is 1. The molecule has 3 heterocycles. The van der Waals surface area contributed by atoms with E-state index in [9.17, 15) is 4.79 Å². The fourth-order valence-electron chi connectivity index (χ4n) is 4.27. The van der Waals surface area contributed by atoms with E-state index in [4.69, 9.17) is 0 Å². The number of aromatic nitrogens is 1. The van der Waals surface area contributed by atoms with Crippen LogP contribution < -0.4 is 0 Å². The summed E-state index contributed by atoms with van der Waals surface area (Å²) in [5, 5.41) is 5.22. The Morgan fingerprint density at radius 3 is 2.63 bits per heavy atom. The predicted octanol–water partition coefficient (Wildman–Crippen LogP) is 4.17. The predicted molar refractivity (Wildman–Crippen MR) is 126 cm³/mol. The molecule has 0 aliphatic carbocycles. The Morgan fingerprint density at radius 2 is 1.90 bits per heavy atom. The normalized spacial score (nSPS) is 17.9. The number of rotatable bonds is 4. The molecule has 0 unspecified atom stereocenters. The van der Waals surface area contributed by atoms with Crippen LogP contribution in [-0.4, -0.2) is 70.9 Å². The van der Waals surface area contributed by atoms with Gasteiger partial charge < -0.3 is 9.80 Å². The van der Waals surface area contributed by atoms with Gasteiger partial charge in [-0.2, -0.15) is 0 Å². The zero-order valence-corrected chi connectivity index (χ0v) is 19.0.